The number of carboxylic acids is 1. The zero-order valence-corrected chi connectivity index (χ0v) is 19.7. The van der Waals surface area contributed by atoms with Crippen LogP contribution in [0.3, 0.4) is 0 Å². The van der Waals surface area contributed by atoms with Crippen molar-refractivity contribution in [3.63, 3.8) is 0 Å². The zero-order valence-electron chi connectivity index (χ0n) is 19.7. The van der Waals surface area contributed by atoms with E-state index in [1.54, 1.807) is 0 Å². The molecule has 0 bridgehead atoms. The number of carboxylic acid groups (broad SMARTS) is 1. The van der Waals surface area contributed by atoms with E-state index in [1.807, 2.05) is 24.3 Å². The van der Waals surface area contributed by atoms with Crippen molar-refractivity contribution < 1.29 is 19.4 Å². The molecule has 1 aliphatic rings. The molecule has 0 amide bonds. The standard InChI is InChI=1S/C30H32O4/c1-2-3-8-19-34-29(30(31)32)21-22-15-17-23(18-16-22)33-20-9-14-28-26-12-6-4-10-24(26)25-11-5-7-13-27(25)28/h4-7,10-18,29H,2-3,8-9,19-21H2,1H3,(H,31,32). The fourth-order valence-electron chi connectivity index (χ4n) is 4.38. The molecule has 0 saturated heterocycles. The van der Waals surface area contributed by atoms with Crippen molar-refractivity contribution in [3.05, 3.63) is 95.6 Å². The Balaban J connectivity index is 1.31. The van der Waals surface area contributed by atoms with Gasteiger partial charge in [0, 0.05) is 19.4 Å². The average molecular weight is 457 g/mol. The Morgan fingerprint density at radius 1 is 0.853 bits per heavy atom. The molecule has 0 heterocycles. The van der Waals surface area contributed by atoms with Crippen LogP contribution in [-0.2, 0) is 16.0 Å². The van der Waals surface area contributed by atoms with Crippen LogP contribution in [0.4, 0.5) is 0 Å². The van der Waals surface area contributed by atoms with Crippen molar-refractivity contribution in [3.8, 4) is 16.9 Å². The van der Waals surface area contributed by atoms with E-state index >= 15 is 0 Å². The Labute approximate surface area is 201 Å². The van der Waals surface area contributed by atoms with E-state index in [2.05, 4.69) is 61.5 Å². The molecule has 0 radical (unpaired) electrons. The molecule has 0 saturated carbocycles. The van der Waals surface area contributed by atoms with Crippen molar-refractivity contribution >= 4 is 11.5 Å². The third-order valence-corrected chi connectivity index (χ3v) is 6.15. The predicted molar refractivity (Wildman–Crippen MR) is 136 cm³/mol. The van der Waals surface area contributed by atoms with Gasteiger partial charge in [0.1, 0.15) is 5.75 Å². The van der Waals surface area contributed by atoms with Crippen LogP contribution >= 0.6 is 0 Å². The summed E-state index contributed by atoms with van der Waals surface area (Å²) in [5.41, 5.74) is 7.32. The minimum atomic E-state index is -0.917. The van der Waals surface area contributed by atoms with Gasteiger partial charge in [0.25, 0.3) is 0 Å². The summed E-state index contributed by atoms with van der Waals surface area (Å²) in [6, 6.07) is 24.7. The second-order valence-corrected chi connectivity index (χ2v) is 8.60. The van der Waals surface area contributed by atoms with Crippen molar-refractivity contribution in [1.29, 1.82) is 0 Å². The summed E-state index contributed by atoms with van der Waals surface area (Å²) in [6.45, 7) is 3.17. The van der Waals surface area contributed by atoms with Crippen molar-refractivity contribution in [2.24, 2.45) is 0 Å². The van der Waals surface area contributed by atoms with Gasteiger partial charge in [0.05, 0.1) is 6.61 Å². The van der Waals surface area contributed by atoms with Crippen LogP contribution in [0.25, 0.3) is 16.7 Å². The number of hydrogen-bond donors (Lipinski definition) is 1. The van der Waals surface area contributed by atoms with Crippen LogP contribution in [0, 0.1) is 0 Å². The van der Waals surface area contributed by atoms with Crippen molar-refractivity contribution in [1.82, 2.24) is 0 Å². The molecule has 1 N–H and O–H groups in total. The lowest BCUT2D eigenvalue weighted by Gasteiger charge is -2.14. The minimum Gasteiger partial charge on any atom is -0.493 e. The molecule has 0 spiro atoms. The van der Waals surface area contributed by atoms with Gasteiger partial charge in [-0.25, -0.2) is 4.79 Å². The van der Waals surface area contributed by atoms with Crippen LogP contribution in [0.2, 0.25) is 0 Å². The first-order chi connectivity index (χ1) is 16.7. The summed E-state index contributed by atoms with van der Waals surface area (Å²) in [5.74, 6) is -0.134. The SMILES string of the molecule is CCCCCOC(Cc1ccc(OCCC=C2c3ccccc3-c3ccccc32)cc1)C(=O)O. The lowest BCUT2D eigenvalue weighted by molar-refractivity contribution is -0.150. The number of benzene rings is 3. The zero-order chi connectivity index (χ0) is 23.8. The molecular weight excluding hydrogens is 424 g/mol. The van der Waals surface area contributed by atoms with E-state index < -0.39 is 12.1 Å². The molecule has 1 aliphatic carbocycles. The summed E-state index contributed by atoms with van der Waals surface area (Å²) < 4.78 is 11.5. The maximum atomic E-state index is 11.5. The molecule has 0 aromatic heterocycles. The quantitative estimate of drug-likeness (QED) is 0.239. The third kappa shape index (κ3) is 5.75. The van der Waals surface area contributed by atoms with Crippen LogP contribution in [0.5, 0.6) is 5.75 Å². The van der Waals surface area contributed by atoms with E-state index in [9.17, 15) is 9.90 Å². The molecule has 3 aromatic rings. The highest BCUT2D eigenvalue weighted by Crippen LogP contribution is 2.43. The first-order valence-electron chi connectivity index (χ1n) is 12.1. The van der Waals surface area contributed by atoms with Crippen LogP contribution in [0.15, 0.2) is 78.9 Å². The smallest absolute Gasteiger partial charge is 0.333 e. The molecular formula is C30H32O4. The van der Waals surface area contributed by atoms with Gasteiger partial charge < -0.3 is 14.6 Å². The average Bonchev–Trinajstić information content (AvgIpc) is 3.18. The van der Waals surface area contributed by atoms with Crippen molar-refractivity contribution in [2.75, 3.05) is 13.2 Å². The molecule has 176 valence electrons. The fraction of sp³-hybridized carbons (Fsp3) is 0.300. The van der Waals surface area contributed by atoms with Crippen LogP contribution in [-0.4, -0.2) is 30.4 Å². The molecule has 3 aromatic carbocycles. The Morgan fingerprint density at radius 2 is 1.47 bits per heavy atom. The molecule has 1 unspecified atom stereocenters. The van der Waals surface area contributed by atoms with Crippen LogP contribution in [0.1, 0.15) is 49.3 Å². The number of aliphatic carboxylic acids is 1. The number of rotatable bonds is 12. The van der Waals surface area contributed by atoms with Gasteiger partial charge in [-0.3, -0.25) is 0 Å². The summed E-state index contributed by atoms with van der Waals surface area (Å²) in [4.78, 5) is 11.5. The summed E-state index contributed by atoms with van der Waals surface area (Å²) in [5, 5.41) is 9.45. The normalized spacial score (nSPS) is 12.7. The van der Waals surface area contributed by atoms with E-state index in [1.165, 1.54) is 27.8 Å². The lowest BCUT2D eigenvalue weighted by atomic mass is 10.0. The summed E-state index contributed by atoms with van der Waals surface area (Å²) >= 11 is 0. The first-order valence-corrected chi connectivity index (χ1v) is 12.1. The molecule has 1 atom stereocenters. The number of hydrogen-bond acceptors (Lipinski definition) is 3. The summed E-state index contributed by atoms with van der Waals surface area (Å²) in [6.07, 6.45) is 5.62. The molecule has 34 heavy (non-hydrogen) atoms. The molecule has 4 rings (SSSR count). The third-order valence-electron chi connectivity index (χ3n) is 6.15. The topological polar surface area (TPSA) is 55.8 Å². The van der Waals surface area contributed by atoms with Gasteiger partial charge in [0.15, 0.2) is 6.10 Å². The van der Waals surface area contributed by atoms with Crippen molar-refractivity contribution in [2.45, 2.75) is 45.1 Å². The highest BCUT2D eigenvalue weighted by Gasteiger charge is 2.22. The molecule has 0 fully saturated rings. The Bertz CT molecular complexity index is 1080. The fourth-order valence-corrected chi connectivity index (χ4v) is 4.38. The van der Waals surface area contributed by atoms with E-state index in [0.29, 0.717) is 19.6 Å². The second kappa shape index (κ2) is 11.7. The van der Waals surface area contributed by atoms with Gasteiger partial charge in [-0.05, 0) is 51.9 Å². The van der Waals surface area contributed by atoms with Crippen LogP contribution < -0.4 is 4.74 Å². The highest BCUT2D eigenvalue weighted by atomic mass is 16.5. The van der Waals surface area contributed by atoms with Gasteiger partial charge in [0.2, 0.25) is 0 Å². The molecule has 0 aliphatic heterocycles. The Kier molecular flexibility index (Phi) is 8.16. The first kappa shape index (κ1) is 23.8. The van der Waals surface area contributed by atoms with Gasteiger partial charge in [-0.15, -0.1) is 0 Å². The molecule has 4 nitrogen and oxygen atoms in total. The minimum absolute atomic E-state index is 0.354. The van der Waals surface area contributed by atoms with E-state index in [4.69, 9.17) is 9.47 Å². The van der Waals surface area contributed by atoms with E-state index in [0.717, 1.165) is 37.0 Å². The molecule has 4 heteroatoms. The number of ether oxygens (including phenoxy) is 2. The van der Waals surface area contributed by atoms with Gasteiger partial charge >= 0.3 is 5.97 Å². The summed E-state index contributed by atoms with van der Waals surface area (Å²) in [7, 11) is 0. The monoisotopic (exact) mass is 456 g/mol. The van der Waals surface area contributed by atoms with Gasteiger partial charge in [-0.2, -0.15) is 0 Å². The lowest BCUT2D eigenvalue weighted by Crippen LogP contribution is -2.26. The maximum Gasteiger partial charge on any atom is 0.333 e. The largest absolute Gasteiger partial charge is 0.493 e. The number of unbranched alkanes of at least 4 members (excludes halogenated alkanes) is 2. The number of fused-ring (bicyclic) bond motifs is 3. The Hall–Kier alpha value is -3.37. The Morgan fingerprint density at radius 3 is 2.06 bits per heavy atom. The maximum absolute atomic E-state index is 11.5. The highest BCUT2D eigenvalue weighted by molar-refractivity contribution is 6.01. The number of carbonyl (C=O) groups is 1. The second-order valence-electron chi connectivity index (χ2n) is 8.60. The van der Waals surface area contributed by atoms with E-state index in [-0.39, 0.29) is 0 Å². The van der Waals surface area contributed by atoms with Gasteiger partial charge in [-0.1, -0.05) is 86.5 Å². The predicted octanol–water partition coefficient (Wildman–Crippen LogP) is 6.77.